The van der Waals surface area contributed by atoms with E-state index in [0.717, 1.165) is 31.6 Å². The van der Waals surface area contributed by atoms with Crippen LogP contribution in [0.15, 0.2) is 0 Å². The first-order chi connectivity index (χ1) is 9.99. The quantitative estimate of drug-likeness (QED) is 0.783. The molecule has 0 aromatic heterocycles. The molecular formula is C18H34N2O. The topological polar surface area (TPSA) is 55.1 Å². The van der Waals surface area contributed by atoms with Crippen LogP contribution in [-0.2, 0) is 4.79 Å². The van der Waals surface area contributed by atoms with Crippen LogP contribution in [0.2, 0.25) is 0 Å². The van der Waals surface area contributed by atoms with Crippen molar-refractivity contribution in [1.82, 2.24) is 5.32 Å². The molecule has 0 aromatic carbocycles. The predicted molar refractivity (Wildman–Crippen MR) is 87.8 cm³/mol. The van der Waals surface area contributed by atoms with Gasteiger partial charge in [0.1, 0.15) is 0 Å². The Balaban J connectivity index is 1.98. The first-order valence-electron chi connectivity index (χ1n) is 9.05. The van der Waals surface area contributed by atoms with E-state index >= 15 is 0 Å². The van der Waals surface area contributed by atoms with Gasteiger partial charge in [0.25, 0.3) is 0 Å². The summed E-state index contributed by atoms with van der Waals surface area (Å²) < 4.78 is 0. The van der Waals surface area contributed by atoms with Crippen molar-refractivity contribution >= 4 is 5.91 Å². The Hall–Kier alpha value is -0.570. The lowest BCUT2D eigenvalue weighted by Crippen LogP contribution is -2.50. The second-order valence-electron chi connectivity index (χ2n) is 7.85. The van der Waals surface area contributed by atoms with Gasteiger partial charge in [-0.2, -0.15) is 0 Å². The van der Waals surface area contributed by atoms with E-state index in [4.69, 9.17) is 5.73 Å². The molecule has 0 saturated heterocycles. The van der Waals surface area contributed by atoms with Crippen LogP contribution in [0.25, 0.3) is 0 Å². The van der Waals surface area contributed by atoms with E-state index in [-0.39, 0.29) is 17.9 Å². The molecule has 2 aliphatic carbocycles. The van der Waals surface area contributed by atoms with Crippen molar-refractivity contribution in [3.05, 3.63) is 0 Å². The summed E-state index contributed by atoms with van der Waals surface area (Å²) in [5, 5.41) is 3.39. The Bertz CT molecular complexity index is 342. The summed E-state index contributed by atoms with van der Waals surface area (Å²) in [4.78, 5) is 12.7. The van der Waals surface area contributed by atoms with Crippen LogP contribution >= 0.6 is 0 Å². The third-order valence-electron chi connectivity index (χ3n) is 5.76. The molecule has 3 heteroatoms. The summed E-state index contributed by atoms with van der Waals surface area (Å²) in [6, 6.07) is 0.419. The second kappa shape index (κ2) is 7.62. The molecule has 5 unspecified atom stereocenters. The Kier molecular flexibility index (Phi) is 6.09. The van der Waals surface area contributed by atoms with Gasteiger partial charge in [-0.05, 0) is 43.4 Å². The SMILES string of the molecule is CC1CCC(C(C)C)C(NC(=O)C2CCCCCC2N)C1. The van der Waals surface area contributed by atoms with Gasteiger partial charge in [-0.3, -0.25) is 4.79 Å². The molecule has 2 rings (SSSR count). The van der Waals surface area contributed by atoms with Crippen molar-refractivity contribution in [3.63, 3.8) is 0 Å². The van der Waals surface area contributed by atoms with Crippen LogP contribution in [0.5, 0.6) is 0 Å². The van der Waals surface area contributed by atoms with Crippen LogP contribution in [0.4, 0.5) is 0 Å². The molecule has 2 saturated carbocycles. The number of hydrogen-bond acceptors (Lipinski definition) is 2. The molecule has 0 radical (unpaired) electrons. The summed E-state index contributed by atoms with van der Waals surface area (Å²) in [6.07, 6.45) is 9.23. The molecule has 0 aliphatic heterocycles. The van der Waals surface area contributed by atoms with Gasteiger partial charge in [-0.15, -0.1) is 0 Å². The lowest BCUT2D eigenvalue weighted by molar-refractivity contribution is -0.127. The zero-order valence-corrected chi connectivity index (χ0v) is 14.1. The van der Waals surface area contributed by atoms with E-state index in [9.17, 15) is 4.79 Å². The van der Waals surface area contributed by atoms with E-state index < -0.39 is 0 Å². The highest BCUT2D eigenvalue weighted by Crippen LogP contribution is 2.34. The molecule has 1 amide bonds. The molecule has 0 spiro atoms. The van der Waals surface area contributed by atoms with Crippen LogP contribution in [0.1, 0.15) is 72.1 Å². The van der Waals surface area contributed by atoms with E-state index in [0.29, 0.717) is 17.9 Å². The molecular weight excluding hydrogens is 260 g/mol. The van der Waals surface area contributed by atoms with Crippen LogP contribution < -0.4 is 11.1 Å². The molecule has 3 N–H and O–H groups in total. The first-order valence-corrected chi connectivity index (χ1v) is 9.05. The molecule has 0 heterocycles. The highest BCUT2D eigenvalue weighted by atomic mass is 16.2. The van der Waals surface area contributed by atoms with E-state index in [1.54, 1.807) is 0 Å². The fourth-order valence-corrected chi connectivity index (χ4v) is 4.32. The first kappa shape index (κ1) is 16.8. The van der Waals surface area contributed by atoms with Gasteiger partial charge in [0.05, 0.1) is 5.92 Å². The van der Waals surface area contributed by atoms with Crippen molar-refractivity contribution in [2.75, 3.05) is 0 Å². The summed E-state index contributed by atoms with van der Waals surface area (Å²) in [5.74, 6) is 2.28. The van der Waals surface area contributed by atoms with Crippen molar-refractivity contribution in [2.45, 2.75) is 84.2 Å². The summed E-state index contributed by atoms with van der Waals surface area (Å²) in [5.41, 5.74) is 6.25. The molecule has 2 fully saturated rings. The molecule has 5 atom stereocenters. The summed E-state index contributed by atoms with van der Waals surface area (Å²) >= 11 is 0. The van der Waals surface area contributed by atoms with Gasteiger partial charge in [-0.1, -0.05) is 46.5 Å². The lowest BCUT2D eigenvalue weighted by Gasteiger charge is -2.38. The number of rotatable bonds is 3. The molecule has 21 heavy (non-hydrogen) atoms. The minimum absolute atomic E-state index is 0.0394. The zero-order chi connectivity index (χ0) is 15.4. The number of carbonyl (C=O) groups excluding carboxylic acids is 1. The average Bonchev–Trinajstić information content (AvgIpc) is 2.63. The monoisotopic (exact) mass is 294 g/mol. The number of nitrogens with two attached hydrogens (primary N) is 1. The molecule has 122 valence electrons. The number of hydrogen-bond donors (Lipinski definition) is 2. The number of nitrogens with one attached hydrogen (secondary N) is 1. The van der Waals surface area contributed by atoms with Gasteiger partial charge in [0.15, 0.2) is 0 Å². The van der Waals surface area contributed by atoms with Crippen molar-refractivity contribution < 1.29 is 4.79 Å². The molecule has 3 nitrogen and oxygen atoms in total. The smallest absolute Gasteiger partial charge is 0.224 e. The third-order valence-corrected chi connectivity index (χ3v) is 5.76. The van der Waals surface area contributed by atoms with Crippen LogP contribution in [0, 0.1) is 23.7 Å². The summed E-state index contributed by atoms with van der Waals surface area (Å²) in [6.45, 7) is 6.89. The number of carbonyl (C=O) groups is 1. The Labute approximate surface area is 130 Å². The van der Waals surface area contributed by atoms with Crippen LogP contribution in [-0.4, -0.2) is 18.0 Å². The third kappa shape index (κ3) is 4.45. The standard InChI is InChI=1S/C18H34N2O/c1-12(2)14-10-9-13(3)11-17(14)20-18(21)15-7-5-4-6-8-16(15)19/h12-17H,4-11,19H2,1-3H3,(H,20,21). The van der Waals surface area contributed by atoms with Crippen molar-refractivity contribution in [3.8, 4) is 0 Å². The van der Waals surface area contributed by atoms with Gasteiger partial charge in [0.2, 0.25) is 5.91 Å². The molecule has 0 aromatic rings. The Morgan fingerprint density at radius 3 is 2.52 bits per heavy atom. The minimum Gasteiger partial charge on any atom is -0.353 e. The highest BCUT2D eigenvalue weighted by molar-refractivity contribution is 5.79. The fourth-order valence-electron chi connectivity index (χ4n) is 4.32. The fraction of sp³-hybridized carbons (Fsp3) is 0.944. The molecule has 2 aliphatic rings. The van der Waals surface area contributed by atoms with Gasteiger partial charge in [0, 0.05) is 12.1 Å². The Morgan fingerprint density at radius 2 is 1.81 bits per heavy atom. The lowest BCUT2D eigenvalue weighted by atomic mass is 9.74. The van der Waals surface area contributed by atoms with Crippen molar-refractivity contribution in [2.24, 2.45) is 29.4 Å². The van der Waals surface area contributed by atoms with Crippen molar-refractivity contribution in [1.29, 1.82) is 0 Å². The second-order valence-corrected chi connectivity index (χ2v) is 7.85. The van der Waals surface area contributed by atoms with Gasteiger partial charge in [-0.25, -0.2) is 0 Å². The maximum absolute atomic E-state index is 12.7. The van der Waals surface area contributed by atoms with E-state index in [1.165, 1.54) is 25.7 Å². The largest absolute Gasteiger partial charge is 0.353 e. The number of amides is 1. The van der Waals surface area contributed by atoms with E-state index in [2.05, 4.69) is 26.1 Å². The zero-order valence-electron chi connectivity index (χ0n) is 14.1. The maximum Gasteiger partial charge on any atom is 0.224 e. The van der Waals surface area contributed by atoms with E-state index in [1.807, 2.05) is 0 Å². The highest BCUT2D eigenvalue weighted by Gasteiger charge is 2.34. The maximum atomic E-state index is 12.7. The normalized spacial score (nSPS) is 38.0. The van der Waals surface area contributed by atoms with Crippen LogP contribution in [0.3, 0.4) is 0 Å². The van der Waals surface area contributed by atoms with Gasteiger partial charge >= 0.3 is 0 Å². The Morgan fingerprint density at radius 1 is 1.10 bits per heavy atom. The predicted octanol–water partition coefficient (Wildman–Crippen LogP) is 3.47. The summed E-state index contributed by atoms with van der Waals surface area (Å²) in [7, 11) is 0. The van der Waals surface area contributed by atoms with Gasteiger partial charge < -0.3 is 11.1 Å². The average molecular weight is 294 g/mol. The minimum atomic E-state index is 0.0394. The molecule has 0 bridgehead atoms.